The third-order valence-corrected chi connectivity index (χ3v) is 5.32. The molecule has 1 heterocycles. The molecule has 0 N–H and O–H groups in total. The van der Waals surface area contributed by atoms with Crippen LogP contribution in [0.15, 0.2) is 66.7 Å². The molecule has 0 saturated carbocycles. The molecule has 1 aliphatic heterocycles. The second-order valence-electron chi connectivity index (χ2n) is 6.84. The van der Waals surface area contributed by atoms with Crippen molar-refractivity contribution in [1.82, 2.24) is 4.90 Å². The van der Waals surface area contributed by atoms with Crippen LogP contribution in [0.25, 0.3) is 0 Å². The van der Waals surface area contributed by atoms with E-state index in [4.69, 9.17) is 16.3 Å². The van der Waals surface area contributed by atoms with E-state index < -0.39 is 10.8 Å². The monoisotopic (exact) mass is 408 g/mol. The van der Waals surface area contributed by atoms with Gasteiger partial charge in [-0.15, -0.1) is 0 Å². The van der Waals surface area contributed by atoms with Gasteiger partial charge in [0.05, 0.1) is 10.8 Å². The summed E-state index contributed by atoms with van der Waals surface area (Å²) in [5, 5.41) is 11.5. The van der Waals surface area contributed by atoms with Crippen LogP contribution >= 0.6 is 11.6 Å². The molecule has 7 heteroatoms. The molecule has 0 bridgehead atoms. The van der Waals surface area contributed by atoms with Gasteiger partial charge in [-0.3, -0.25) is 14.9 Å². The van der Waals surface area contributed by atoms with Crippen molar-refractivity contribution in [2.24, 2.45) is 0 Å². The van der Waals surface area contributed by atoms with Gasteiger partial charge in [0.15, 0.2) is 0 Å². The Hall–Kier alpha value is -3.38. The van der Waals surface area contributed by atoms with E-state index in [1.54, 1.807) is 7.05 Å². The Labute approximate surface area is 172 Å². The van der Waals surface area contributed by atoms with Crippen molar-refractivity contribution in [3.8, 4) is 11.5 Å². The second kappa shape index (κ2) is 7.56. The fourth-order valence-corrected chi connectivity index (χ4v) is 3.70. The average Bonchev–Trinajstić information content (AvgIpc) is 2.72. The molecule has 4 rings (SSSR count). The van der Waals surface area contributed by atoms with Crippen molar-refractivity contribution in [3.63, 3.8) is 0 Å². The van der Waals surface area contributed by atoms with Crippen molar-refractivity contribution in [2.75, 3.05) is 7.05 Å². The number of benzene rings is 3. The Bertz CT molecular complexity index is 1070. The topological polar surface area (TPSA) is 72.7 Å². The molecule has 0 aliphatic carbocycles. The van der Waals surface area contributed by atoms with Gasteiger partial charge in [0.2, 0.25) is 5.91 Å². The molecule has 1 aliphatic rings. The Morgan fingerprint density at radius 1 is 1.07 bits per heavy atom. The molecule has 0 fully saturated rings. The summed E-state index contributed by atoms with van der Waals surface area (Å²) in [6, 6.07) is 19.1. The number of hydrogen-bond donors (Lipinski definition) is 0. The number of rotatable bonds is 4. The number of nitro groups is 1. The lowest BCUT2D eigenvalue weighted by atomic mass is 9.87. The highest BCUT2D eigenvalue weighted by Gasteiger charge is 2.34. The molecule has 3 aromatic carbocycles. The fraction of sp³-hybridized carbons (Fsp3) is 0.136. The highest BCUT2D eigenvalue weighted by molar-refractivity contribution is 6.31. The third kappa shape index (κ3) is 3.54. The number of nitrogens with zero attached hydrogens (tertiary/aromatic N) is 2. The number of para-hydroxylation sites is 2. The molecule has 1 amide bonds. The van der Waals surface area contributed by atoms with Crippen LogP contribution in [0.3, 0.4) is 0 Å². The lowest BCUT2D eigenvalue weighted by Gasteiger charge is -2.30. The van der Waals surface area contributed by atoms with E-state index >= 15 is 0 Å². The summed E-state index contributed by atoms with van der Waals surface area (Å²) in [4.78, 5) is 25.6. The van der Waals surface area contributed by atoms with E-state index in [0.717, 1.165) is 11.1 Å². The van der Waals surface area contributed by atoms with Crippen LogP contribution in [0, 0.1) is 10.1 Å². The third-order valence-electron chi connectivity index (χ3n) is 4.95. The largest absolute Gasteiger partial charge is 0.457 e. The van der Waals surface area contributed by atoms with Gasteiger partial charge < -0.3 is 9.64 Å². The number of halogens is 1. The lowest BCUT2D eigenvalue weighted by Crippen LogP contribution is -2.33. The van der Waals surface area contributed by atoms with Gasteiger partial charge in [-0.25, -0.2) is 0 Å². The minimum Gasteiger partial charge on any atom is -0.457 e. The number of ether oxygens (including phenoxy) is 1. The molecule has 0 saturated heterocycles. The van der Waals surface area contributed by atoms with Gasteiger partial charge in [0.1, 0.15) is 11.5 Å². The molecule has 29 heavy (non-hydrogen) atoms. The van der Waals surface area contributed by atoms with Crippen LogP contribution in [0.5, 0.6) is 11.5 Å². The summed E-state index contributed by atoms with van der Waals surface area (Å²) in [5.74, 6) is 0.618. The number of hydrogen-bond acceptors (Lipinski definition) is 4. The first-order valence-electron chi connectivity index (χ1n) is 8.99. The molecule has 0 spiro atoms. The van der Waals surface area contributed by atoms with E-state index in [1.165, 1.54) is 23.1 Å². The molecule has 6 nitrogen and oxygen atoms in total. The number of amides is 1. The van der Waals surface area contributed by atoms with Gasteiger partial charge in [0, 0.05) is 41.9 Å². The molecular formula is C22H17ClN2O4. The maximum atomic E-state index is 13.5. The molecule has 146 valence electrons. The molecule has 0 atom stereocenters. The molecule has 0 aromatic heterocycles. The predicted molar refractivity (Wildman–Crippen MR) is 109 cm³/mol. The van der Waals surface area contributed by atoms with Crippen LogP contribution in [0.1, 0.15) is 22.6 Å². The number of non-ortho nitro benzene ring substituents is 1. The van der Waals surface area contributed by atoms with Gasteiger partial charge >= 0.3 is 0 Å². The van der Waals surface area contributed by atoms with Crippen LogP contribution < -0.4 is 4.74 Å². The summed E-state index contributed by atoms with van der Waals surface area (Å²) in [7, 11) is 1.66. The van der Waals surface area contributed by atoms with E-state index in [9.17, 15) is 14.9 Å². The van der Waals surface area contributed by atoms with Crippen molar-refractivity contribution in [2.45, 2.75) is 12.5 Å². The number of likely N-dealkylation sites (N-methyl/N-ethyl adjacent to an activating group) is 1. The fourth-order valence-electron chi connectivity index (χ4n) is 3.53. The number of carbonyl (C=O) groups is 1. The zero-order chi connectivity index (χ0) is 20.5. The van der Waals surface area contributed by atoms with E-state index in [0.29, 0.717) is 22.1 Å². The summed E-state index contributed by atoms with van der Waals surface area (Å²) < 4.78 is 5.95. The molecule has 0 unspecified atom stereocenters. The van der Waals surface area contributed by atoms with E-state index in [1.807, 2.05) is 48.5 Å². The van der Waals surface area contributed by atoms with Crippen molar-refractivity contribution in [1.29, 1.82) is 0 Å². The quantitative estimate of drug-likeness (QED) is 0.442. The van der Waals surface area contributed by atoms with Gasteiger partial charge in [-0.1, -0.05) is 48.0 Å². The summed E-state index contributed by atoms with van der Waals surface area (Å²) in [6.45, 7) is 0.154. The first kappa shape index (κ1) is 19.0. The zero-order valence-electron chi connectivity index (χ0n) is 15.5. The number of nitro benzene ring substituents is 1. The van der Waals surface area contributed by atoms with Crippen LogP contribution in [-0.4, -0.2) is 22.8 Å². The molecule has 0 radical (unpaired) electrons. The van der Waals surface area contributed by atoms with Crippen LogP contribution in [0.4, 0.5) is 5.69 Å². The number of carbonyl (C=O) groups excluding carboxylic acids is 1. The second-order valence-corrected chi connectivity index (χ2v) is 7.25. The summed E-state index contributed by atoms with van der Waals surface area (Å²) in [5.41, 5.74) is 2.03. The van der Waals surface area contributed by atoms with Crippen molar-refractivity contribution < 1.29 is 14.5 Å². The average molecular weight is 409 g/mol. The lowest BCUT2D eigenvalue weighted by molar-refractivity contribution is -0.384. The maximum absolute atomic E-state index is 13.5. The Morgan fingerprint density at radius 3 is 2.24 bits per heavy atom. The normalized spacial score (nSPS) is 12.5. The zero-order valence-corrected chi connectivity index (χ0v) is 16.3. The predicted octanol–water partition coefficient (Wildman–Crippen LogP) is 5.14. The molecular weight excluding hydrogens is 392 g/mol. The highest BCUT2D eigenvalue weighted by Crippen LogP contribution is 2.44. The first-order chi connectivity index (χ1) is 14.0. The van der Waals surface area contributed by atoms with Crippen molar-refractivity contribution in [3.05, 3.63) is 98.6 Å². The van der Waals surface area contributed by atoms with Gasteiger partial charge in [-0.05, 0) is 23.8 Å². The Kier molecular flexibility index (Phi) is 4.94. The van der Waals surface area contributed by atoms with E-state index in [2.05, 4.69) is 0 Å². The minimum atomic E-state index is -0.529. The molecule has 3 aromatic rings. The summed E-state index contributed by atoms with van der Waals surface area (Å²) in [6.07, 6.45) is 0. The summed E-state index contributed by atoms with van der Waals surface area (Å²) >= 11 is 6.22. The minimum absolute atomic E-state index is 0.0630. The van der Waals surface area contributed by atoms with Gasteiger partial charge in [0.25, 0.3) is 5.69 Å². The number of fused-ring (bicyclic) bond motifs is 2. The van der Waals surface area contributed by atoms with Gasteiger partial charge in [-0.2, -0.15) is 0 Å². The first-order valence-corrected chi connectivity index (χ1v) is 9.37. The Morgan fingerprint density at radius 2 is 1.66 bits per heavy atom. The Balaban J connectivity index is 1.68. The standard InChI is InChI=1S/C22H17ClN2O4/c1-24(13-14-12-15(25(27)28)10-11-18(14)23)22(26)21-16-6-2-4-8-19(16)29-20-9-5-3-7-17(20)21/h2-12,21H,13H2,1H3. The van der Waals surface area contributed by atoms with Crippen LogP contribution in [0.2, 0.25) is 5.02 Å². The SMILES string of the molecule is CN(Cc1cc([N+](=O)[O-])ccc1Cl)C(=O)C1c2ccccc2Oc2ccccc21. The highest BCUT2D eigenvalue weighted by atomic mass is 35.5. The maximum Gasteiger partial charge on any atom is 0.269 e. The smallest absolute Gasteiger partial charge is 0.269 e. The van der Waals surface area contributed by atoms with Crippen LogP contribution in [-0.2, 0) is 11.3 Å². The van der Waals surface area contributed by atoms with E-state index in [-0.39, 0.29) is 18.1 Å². The van der Waals surface area contributed by atoms with Crippen molar-refractivity contribution >= 4 is 23.2 Å².